The van der Waals surface area contributed by atoms with Crippen LogP contribution in [0.25, 0.3) is 0 Å². The van der Waals surface area contributed by atoms with Crippen molar-refractivity contribution in [2.45, 2.75) is 39.7 Å². The van der Waals surface area contributed by atoms with Gasteiger partial charge in [-0.3, -0.25) is 4.90 Å². The van der Waals surface area contributed by atoms with Gasteiger partial charge in [0.15, 0.2) is 0 Å². The first-order chi connectivity index (χ1) is 8.20. The molecule has 1 unspecified atom stereocenters. The van der Waals surface area contributed by atoms with Gasteiger partial charge in [-0.05, 0) is 18.3 Å². The topological polar surface area (TPSA) is 66.8 Å². The third kappa shape index (κ3) is 4.05. The minimum absolute atomic E-state index is 0.130. The van der Waals surface area contributed by atoms with Crippen LogP contribution in [0.3, 0.4) is 0 Å². The lowest BCUT2D eigenvalue weighted by molar-refractivity contribution is -0.152. The van der Waals surface area contributed by atoms with E-state index in [-0.39, 0.29) is 12.0 Å². The molecule has 1 saturated heterocycles. The van der Waals surface area contributed by atoms with Crippen molar-refractivity contribution in [1.29, 1.82) is 0 Å². The average Bonchev–Trinajstić information content (AvgIpc) is 2.24. The van der Waals surface area contributed by atoms with Crippen LogP contribution >= 0.6 is 0 Å². The van der Waals surface area contributed by atoms with Crippen molar-refractivity contribution in [2.24, 2.45) is 5.41 Å². The summed E-state index contributed by atoms with van der Waals surface area (Å²) in [6.45, 7) is 10.3. The number of carboxylic acid groups (broad SMARTS) is 1. The lowest BCUT2D eigenvalue weighted by Crippen LogP contribution is -2.48. The van der Waals surface area contributed by atoms with Gasteiger partial charge in [0.25, 0.3) is 0 Å². The van der Waals surface area contributed by atoms with Crippen LogP contribution in [-0.2, 0) is 9.53 Å². The predicted octanol–water partition coefficient (Wildman–Crippen LogP) is 2.27. The number of hydrogen-bond donors (Lipinski definition) is 1. The quantitative estimate of drug-likeness (QED) is 0.607. The first-order valence-corrected chi connectivity index (χ1v) is 6.03. The Morgan fingerprint density at radius 1 is 1.50 bits per heavy atom. The highest BCUT2D eigenvalue weighted by atomic mass is 16.5. The van der Waals surface area contributed by atoms with Crippen LogP contribution in [0.4, 0.5) is 4.79 Å². The molecule has 102 valence electrons. The smallest absolute Gasteiger partial charge is 0.408 e. The molecule has 0 aromatic heterocycles. The highest BCUT2D eigenvalue weighted by Gasteiger charge is 2.35. The van der Waals surface area contributed by atoms with E-state index in [1.165, 1.54) is 0 Å². The Morgan fingerprint density at radius 3 is 2.61 bits per heavy atom. The predicted molar refractivity (Wildman–Crippen MR) is 67.3 cm³/mol. The second-order valence-corrected chi connectivity index (χ2v) is 5.86. The first-order valence-electron chi connectivity index (χ1n) is 6.03. The van der Waals surface area contributed by atoms with Gasteiger partial charge in [0.1, 0.15) is 6.04 Å². The molecular formula is C13H21NO4. The Labute approximate surface area is 107 Å². The Morgan fingerprint density at radius 2 is 2.11 bits per heavy atom. The summed E-state index contributed by atoms with van der Waals surface area (Å²) in [6.07, 6.45) is -0.120. The molecule has 1 fully saturated rings. The van der Waals surface area contributed by atoms with Crippen molar-refractivity contribution >= 4 is 12.1 Å². The second kappa shape index (κ2) is 5.42. The number of hydrogen-bond acceptors (Lipinski definition) is 3. The van der Waals surface area contributed by atoms with E-state index < -0.39 is 18.1 Å². The van der Waals surface area contributed by atoms with Crippen molar-refractivity contribution in [3.05, 3.63) is 12.2 Å². The maximum absolute atomic E-state index is 11.9. The van der Waals surface area contributed by atoms with E-state index in [0.29, 0.717) is 19.4 Å². The number of nitrogens with zero attached hydrogens (tertiary/aromatic N) is 1. The monoisotopic (exact) mass is 255 g/mol. The van der Waals surface area contributed by atoms with Gasteiger partial charge in [-0.15, -0.1) is 0 Å². The molecule has 1 aliphatic heterocycles. The highest BCUT2D eigenvalue weighted by Crippen LogP contribution is 2.23. The van der Waals surface area contributed by atoms with Crippen molar-refractivity contribution in [1.82, 2.24) is 4.90 Å². The molecule has 0 aromatic carbocycles. The molecule has 1 N–H and O–H groups in total. The Kier molecular flexibility index (Phi) is 4.38. The van der Waals surface area contributed by atoms with E-state index in [1.807, 2.05) is 20.8 Å². The number of piperidine rings is 1. The molecule has 1 atom stereocenters. The van der Waals surface area contributed by atoms with Gasteiger partial charge in [-0.25, -0.2) is 9.59 Å². The van der Waals surface area contributed by atoms with E-state index in [4.69, 9.17) is 9.84 Å². The maximum atomic E-state index is 11.9. The van der Waals surface area contributed by atoms with Gasteiger partial charge in [0, 0.05) is 6.54 Å². The zero-order chi connectivity index (χ0) is 13.9. The number of carbonyl (C=O) groups excluding carboxylic acids is 1. The number of esters is 1. The maximum Gasteiger partial charge on any atom is 0.408 e. The van der Waals surface area contributed by atoms with Crippen LogP contribution in [0, 0.1) is 5.41 Å². The summed E-state index contributed by atoms with van der Waals surface area (Å²) in [7, 11) is 0. The van der Waals surface area contributed by atoms with Crippen LogP contribution < -0.4 is 0 Å². The second-order valence-electron chi connectivity index (χ2n) is 5.86. The molecule has 1 amide bonds. The number of ether oxygens (including phenoxy) is 1. The average molecular weight is 255 g/mol. The number of amides is 1. The zero-order valence-corrected chi connectivity index (χ0v) is 11.2. The summed E-state index contributed by atoms with van der Waals surface area (Å²) in [5.41, 5.74) is 0.764. The van der Waals surface area contributed by atoms with Crippen LogP contribution in [0.1, 0.15) is 33.6 Å². The van der Waals surface area contributed by atoms with E-state index in [2.05, 4.69) is 6.58 Å². The molecule has 0 radical (unpaired) electrons. The summed E-state index contributed by atoms with van der Waals surface area (Å²) < 4.78 is 5.19. The Balaban J connectivity index is 2.67. The van der Waals surface area contributed by atoms with Gasteiger partial charge in [-0.1, -0.05) is 32.9 Å². The lowest BCUT2D eigenvalue weighted by atomic mass is 9.97. The fraction of sp³-hybridized carbons (Fsp3) is 0.692. The normalized spacial score (nSPS) is 20.7. The highest BCUT2D eigenvalue weighted by molar-refractivity contribution is 5.81. The first kappa shape index (κ1) is 14.5. The summed E-state index contributed by atoms with van der Waals surface area (Å²) in [5.74, 6) is -0.479. The van der Waals surface area contributed by atoms with Crippen molar-refractivity contribution < 1.29 is 19.4 Å². The number of carbonyl (C=O) groups is 2. The molecule has 18 heavy (non-hydrogen) atoms. The Hall–Kier alpha value is -1.52. The largest absolute Gasteiger partial charge is 0.465 e. The zero-order valence-electron chi connectivity index (χ0n) is 11.2. The third-order valence-electron chi connectivity index (χ3n) is 2.73. The van der Waals surface area contributed by atoms with E-state index >= 15 is 0 Å². The summed E-state index contributed by atoms with van der Waals surface area (Å²) in [5, 5.41) is 9.06. The van der Waals surface area contributed by atoms with Gasteiger partial charge in [0.2, 0.25) is 0 Å². The Bertz CT molecular complexity index is 356. The van der Waals surface area contributed by atoms with Crippen molar-refractivity contribution in [3.63, 3.8) is 0 Å². The van der Waals surface area contributed by atoms with E-state index in [9.17, 15) is 9.59 Å². The molecular weight excluding hydrogens is 234 g/mol. The molecule has 0 spiro atoms. The van der Waals surface area contributed by atoms with Gasteiger partial charge >= 0.3 is 12.1 Å². The summed E-state index contributed by atoms with van der Waals surface area (Å²) >= 11 is 0. The fourth-order valence-electron chi connectivity index (χ4n) is 1.74. The standard InChI is InChI=1S/C13H21NO4/c1-9-5-6-14(12(16)17)10(7-9)11(15)18-8-13(2,3)4/h10H,1,5-8H2,2-4H3,(H,16,17). The minimum Gasteiger partial charge on any atom is -0.465 e. The summed E-state index contributed by atoms with van der Waals surface area (Å²) in [4.78, 5) is 24.1. The molecule has 0 bridgehead atoms. The van der Waals surface area contributed by atoms with Gasteiger partial charge in [0.05, 0.1) is 6.61 Å². The molecule has 1 aliphatic rings. The van der Waals surface area contributed by atoms with E-state index in [1.54, 1.807) is 0 Å². The van der Waals surface area contributed by atoms with Gasteiger partial charge in [-0.2, -0.15) is 0 Å². The molecule has 1 rings (SSSR count). The number of rotatable bonds is 2. The van der Waals surface area contributed by atoms with Crippen LogP contribution in [-0.4, -0.2) is 41.3 Å². The number of likely N-dealkylation sites (tertiary alicyclic amines) is 1. The molecule has 1 heterocycles. The molecule has 0 aromatic rings. The molecule has 5 heteroatoms. The van der Waals surface area contributed by atoms with Crippen LogP contribution in [0.2, 0.25) is 0 Å². The van der Waals surface area contributed by atoms with Gasteiger partial charge < -0.3 is 9.84 Å². The van der Waals surface area contributed by atoms with Crippen molar-refractivity contribution in [3.8, 4) is 0 Å². The fourth-order valence-corrected chi connectivity index (χ4v) is 1.74. The molecule has 0 aliphatic carbocycles. The SMILES string of the molecule is C=C1CCN(C(=O)O)C(C(=O)OCC(C)(C)C)C1. The van der Waals surface area contributed by atoms with E-state index in [0.717, 1.165) is 10.5 Å². The minimum atomic E-state index is -1.08. The lowest BCUT2D eigenvalue weighted by Gasteiger charge is -2.33. The molecule has 0 saturated carbocycles. The van der Waals surface area contributed by atoms with Crippen LogP contribution in [0.5, 0.6) is 0 Å². The third-order valence-corrected chi connectivity index (χ3v) is 2.73. The summed E-state index contributed by atoms with van der Waals surface area (Å²) in [6, 6.07) is -0.744. The van der Waals surface area contributed by atoms with Crippen molar-refractivity contribution in [2.75, 3.05) is 13.2 Å². The molecule has 5 nitrogen and oxygen atoms in total. The van der Waals surface area contributed by atoms with Crippen LogP contribution in [0.15, 0.2) is 12.2 Å².